The minimum absolute atomic E-state index is 0.0302. The van der Waals surface area contributed by atoms with E-state index < -0.39 is 26.4 Å². The van der Waals surface area contributed by atoms with E-state index in [1.165, 1.54) is 6.07 Å². The quantitative estimate of drug-likeness (QED) is 0.615. The Morgan fingerprint density at radius 1 is 1.39 bits per heavy atom. The van der Waals surface area contributed by atoms with Gasteiger partial charge in [0.15, 0.2) is 9.84 Å². The maximum Gasteiger partial charge on any atom is 0.271 e. The van der Waals surface area contributed by atoms with Crippen molar-refractivity contribution in [2.45, 2.75) is 24.3 Å². The van der Waals surface area contributed by atoms with Crippen molar-refractivity contribution >= 4 is 21.4 Å². The molecule has 1 aromatic rings. The SMILES string of the molecule is CC1CCNCC1NC(=O)c1cc([N+](=O)[O-])cc(S(C)(=O)=O)c1. The number of hydrogen-bond donors (Lipinski definition) is 2. The Morgan fingerprint density at radius 2 is 2.09 bits per heavy atom. The molecular formula is C14H19N3O5S. The lowest BCUT2D eigenvalue weighted by atomic mass is 9.94. The number of nitro groups is 1. The van der Waals surface area contributed by atoms with Crippen LogP contribution in [0, 0.1) is 16.0 Å². The summed E-state index contributed by atoms with van der Waals surface area (Å²) in [5, 5.41) is 16.9. The van der Waals surface area contributed by atoms with Crippen molar-refractivity contribution in [1.82, 2.24) is 10.6 Å². The van der Waals surface area contributed by atoms with Gasteiger partial charge in [-0.25, -0.2) is 8.42 Å². The van der Waals surface area contributed by atoms with Crippen LogP contribution in [0.5, 0.6) is 0 Å². The van der Waals surface area contributed by atoms with E-state index in [1.807, 2.05) is 6.92 Å². The van der Waals surface area contributed by atoms with Gasteiger partial charge in [-0.15, -0.1) is 0 Å². The molecule has 0 spiro atoms. The molecule has 0 radical (unpaired) electrons. The van der Waals surface area contributed by atoms with Crippen molar-refractivity contribution in [3.05, 3.63) is 33.9 Å². The van der Waals surface area contributed by atoms with E-state index in [1.54, 1.807) is 0 Å². The fourth-order valence-corrected chi connectivity index (χ4v) is 3.14. The number of carbonyl (C=O) groups excluding carboxylic acids is 1. The Balaban J connectivity index is 2.32. The van der Waals surface area contributed by atoms with Gasteiger partial charge in [0, 0.05) is 36.5 Å². The van der Waals surface area contributed by atoms with E-state index in [4.69, 9.17) is 0 Å². The number of carbonyl (C=O) groups is 1. The first-order valence-corrected chi connectivity index (χ1v) is 9.09. The minimum Gasteiger partial charge on any atom is -0.348 e. The highest BCUT2D eigenvalue weighted by Crippen LogP contribution is 2.21. The molecule has 1 fully saturated rings. The number of non-ortho nitro benzene ring substituents is 1. The standard InChI is InChI=1S/C14H19N3O5S/c1-9-3-4-15-8-13(9)16-14(18)10-5-11(17(19)20)7-12(6-10)23(2,21)22/h5-7,9,13,15H,3-4,8H2,1-2H3,(H,16,18). The second kappa shape index (κ2) is 6.63. The molecule has 0 saturated carbocycles. The summed E-state index contributed by atoms with van der Waals surface area (Å²) in [6, 6.07) is 3.11. The van der Waals surface area contributed by atoms with Crippen molar-refractivity contribution in [2.24, 2.45) is 5.92 Å². The van der Waals surface area contributed by atoms with Gasteiger partial charge >= 0.3 is 0 Å². The molecule has 126 valence electrons. The monoisotopic (exact) mass is 341 g/mol. The minimum atomic E-state index is -3.66. The molecule has 23 heavy (non-hydrogen) atoms. The zero-order chi connectivity index (χ0) is 17.2. The summed E-state index contributed by atoms with van der Waals surface area (Å²) in [4.78, 5) is 22.4. The Labute approximate surface area is 134 Å². The Morgan fingerprint density at radius 3 is 2.65 bits per heavy atom. The summed E-state index contributed by atoms with van der Waals surface area (Å²) in [6.07, 6.45) is 1.86. The average molecular weight is 341 g/mol. The van der Waals surface area contributed by atoms with Crippen molar-refractivity contribution in [3.8, 4) is 0 Å². The fraction of sp³-hybridized carbons (Fsp3) is 0.500. The molecule has 1 aromatic carbocycles. The fourth-order valence-electron chi connectivity index (χ4n) is 2.47. The van der Waals surface area contributed by atoms with Crippen LogP contribution < -0.4 is 10.6 Å². The molecule has 1 saturated heterocycles. The first-order chi connectivity index (χ1) is 10.7. The van der Waals surface area contributed by atoms with Crippen LogP contribution in [-0.4, -0.2) is 44.6 Å². The van der Waals surface area contributed by atoms with Crippen LogP contribution in [-0.2, 0) is 9.84 Å². The van der Waals surface area contributed by atoms with Crippen LogP contribution in [0.25, 0.3) is 0 Å². The van der Waals surface area contributed by atoms with Gasteiger partial charge in [-0.3, -0.25) is 14.9 Å². The number of nitrogens with zero attached hydrogens (tertiary/aromatic N) is 1. The van der Waals surface area contributed by atoms with Gasteiger partial charge in [-0.1, -0.05) is 6.92 Å². The van der Waals surface area contributed by atoms with Crippen LogP contribution in [0.15, 0.2) is 23.1 Å². The second-order valence-corrected chi connectivity index (χ2v) is 7.81. The third-order valence-electron chi connectivity index (χ3n) is 3.94. The Bertz CT molecular complexity index is 732. The Hall–Kier alpha value is -2.00. The van der Waals surface area contributed by atoms with Crippen LogP contribution in [0.4, 0.5) is 5.69 Å². The molecule has 1 amide bonds. The van der Waals surface area contributed by atoms with Gasteiger partial charge < -0.3 is 10.6 Å². The van der Waals surface area contributed by atoms with Crippen LogP contribution in [0.2, 0.25) is 0 Å². The number of sulfone groups is 1. The van der Waals surface area contributed by atoms with E-state index in [0.717, 1.165) is 31.4 Å². The van der Waals surface area contributed by atoms with E-state index in [9.17, 15) is 23.3 Å². The summed E-state index contributed by atoms with van der Waals surface area (Å²) < 4.78 is 23.3. The van der Waals surface area contributed by atoms with Crippen molar-refractivity contribution in [3.63, 3.8) is 0 Å². The highest BCUT2D eigenvalue weighted by molar-refractivity contribution is 7.90. The molecule has 2 atom stereocenters. The summed E-state index contributed by atoms with van der Waals surface area (Å²) in [6.45, 7) is 3.50. The van der Waals surface area contributed by atoms with Gasteiger partial charge in [0.05, 0.1) is 9.82 Å². The number of piperidine rings is 1. The third kappa shape index (κ3) is 4.26. The predicted molar refractivity (Wildman–Crippen MR) is 84.1 cm³/mol. The van der Waals surface area contributed by atoms with Crippen LogP contribution in [0.1, 0.15) is 23.7 Å². The Kier molecular flexibility index (Phi) is 5.00. The van der Waals surface area contributed by atoms with Crippen LogP contribution >= 0.6 is 0 Å². The van der Waals surface area contributed by atoms with Crippen molar-refractivity contribution in [1.29, 1.82) is 0 Å². The molecule has 2 unspecified atom stereocenters. The van der Waals surface area contributed by atoms with Crippen LogP contribution in [0.3, 0.4) is 0 Å². The molecule has 2 N–H and O–H groups in total. The molecule has 1 aliphatic heterocycles. The molecular weight excluding hydrogens is 322 g/mol. The van der Waals surface area contributed by atoms with Crippen molar-refractivity contribution in [2.75, 3.05) is 19.3 Å². The number of hydrogen-bond acceptors (Lipinski definition) is 6. The second-order valence-electron chi connectivity index (χ2n) is 5.79. The first kappa shape index (κ1) is 17.4. The highest BCUT2D eigenvalue weighted by Gasteiger charge is 2.25. The molecule has 8 nitrogen and oxygen atoms in total. The molecule has 0 aromatic heterocycles. The lowest BCUT2D eigenvalue weighted by Crippen LogP contribution is -2.50. The highest BCUT2D eigenvalue weighted by atomic mass is 32.2. The number of amides is 1. The van der Waals surface area contributed by atoms with Gasteiger partial charge in [0.25, 0.3) is 11.6 Å². The van der Waals surface area contributed by atoms with Gasteiger partial charge in [0.1, 0.15) is 0 Å². The predicted octanol–water partition coefficient (Wildman–Crippen LogP) is 0.726. The molecule has 0 bridgehead atoms. The van der Waals surface area contributed by atoms with Crippen molar-refractivity contribution < 1.29 is 18.1 Å². The van der Waals surface area contributed by atoms with Gasteiger partial charge in [-0.05, 0) is 24.9 Å². The summed E-state index contributed by atoms with van der Waals surface area (Å²) in [5.74, 6) is -0.243. The van der Waals surface area contributed by atoms with Gasteiger partial charge in [0.2, 0.25) is 0 Å². The van der Waals surface area contributed by atoms with E-state index >= 15 is 0 Å². The number of benzene rings is 1. The number of nitrogens with one attached hydrogen (secondary N) is 2. The zero-order valence-corrected chi connectivity index (χ0v) is 13.7. The van der Waals surface area contributed by atoms with E-state index in [-0.39, 0.29) is 22.4 Å². The average Bonchev–Trinajstić information content (AvgIpc) is 2.48. The maximum absolute atomic E-state index is 12.4. The lowest BCUT2D eigenvalue weighted by molar-refractivity contribution is -0.385. The number of nitro benzene ring substituents is 1. The lowest BCUT2D eigenvalue weighted by Gasteiger charge is -2.30. The number of rotatable bonds is 4. The molecule has 1 heterocycles. The first-order valence-electron chi connectivity index (χ1n) is 7.19. The van der Waals surface area contributed by atoms with Gasteiger partial charge in [-0.2, -0.15) is 0 Å². The molecule has 9 heteroatoms. The smallest absolute Gasteiger partial charge is 0.271 e. The third-order valence-corrected chi connectivity index (χ3v) is 5.03. The van der Waals surface area contributed by atoms with E-state index in [0.29, 0.717) is 6.54 Å². The molecule has 2 rings (SSSR count). The summed E-state index contributed by atoms with van der Waals surface area (Å²) in [5.41, 5.74) is -0.453. The van der Waals surface area contributed by atoms with E-state index in [2.05, 4.69) is 10.6 Å². The summed E-state index contributed by atoms with van der Waals surface area (Å²) >= 11 is 0. The largest absolute Gasteiger partial charge is 0.348 e. The normalized spacial score (nSPS) is 21.7. The molecule has 0 aliphatic carbocycles. The zero-order valence-electron chi connectivity index (χ0n) is 12.9. The topological polar surface area (TPSA) is 118 Å². The maximum atomic E-state index is 12.4. The molecule has 1 aliphatic rings. The summed E-state index contributed by atoms with van der Waals surface area (Å²) in [7, 11) is -3.66.